The van der Waals surface area contributed by atoms with Crippen LogP contribution in [-0.2, 0) is 11.3 Å². The lowest BCUT2D eigenvalue weighted by Gasteiger charge is -2.21. The first kappa shape index (κ1) is 13.8. The largest absolute Gasteiger partial charge is 0.383 e. The minimum absolute atomic E-state index is 0.00912. The van der Waals surface area contributed by atoms with Crippen molar-refractivity contribution in [2.45, 2.75) is 13.5 Å². The molecule has 0 unspecified atom stereocenters. The number of aryl methyl sites for hydroxylation is 1. The molecular formula is C14H18N2O2S. The number of hydrogen-bond acceptors (Lipinski definition) is 3. The molecule has 2 heterocycles. The highest BCUT2D eigenvalue weighted by Gasteiger charge is 2.17. The lowest BCUT2D eigenvalue weighted by atomic mass is 10.2. The van der Waals surface area contributed by atoms with Gasteiger partial charge >= 0.3 is 0 Å². The number of methoxy groups -OCH3 is 1. The zero-order valence-electron chi connectivity index (χ0n) is 11.2. The summed E-state index contributed by atoms with van der Waals surface area (Å²) in [5.41, 5.74) is 1.84. The molecule has 4 nitrogen and oxygen atoms in total. The number of thiophene rings is 1. The number of amides is 1. The summed E-state index contributed by atoms with van der Waals surface area (Å²) in [5, 5.41) is 2.05. The number of nitrogens with zero attached hydrogens (tertiary/aromatic N) is 1. The minimum atomic E-state index is 0.00912. The van der Waals surface area contributed by atoms with Crippen LogP contribution in [0.15, 0.2) is 29.8 Å². The number of rotatable bonds is 6. The van der Waals surface area contributed by atoms with E-state index in [4.69, 9.17) is 4.74 Å². The minimum Gasteiger partial charge on any atom is -0.383 e. The quantitative estimate of drug-likeness (QED) is 0.883. The predicted octanol–water partition coefficient (Wildman–Crippen LogP) is 2.67. The molecule has 0 aromatic carbocycles. The van der Waals surface area contributed by atoms with E-state index in [0.29, 0.717) is 25.4 Å². The van der Waals surface area contributed by atoms with Crippen molar-refractivity contribution in [1.29, 1.82) is 0 Å². The van der Waals surface area contributed by atoms with E-state index in [9.17, 15) is 4.79 Å². The first-order valence-corrected chi connectivity index (χ1v) is 7.05. The van der Waals surface area contributed by atoms with Crippen molar-refractivity contribution in [3.63, 3.8) is 0 Å². The molecule has 0 fully saturated rings. The van der Waals surface area contributed by atoms with E-state index < -0.39 is 0 Å². The first-order chi connectivity index (χ1) is 9.22. The third kappa shape index (κ3) is 3.45. The van der Waals surface area contributed by atoms with E-state index >= 15 is 0 Å². The summed E-state index contributed by atoms with van der Waals surface area (Å²) in [6, 6.07) is 5.70. The molecule has 5 heteroatoms. The van der Waals surface area contributed by atoms with Gasteiger partial charge in [-0.1, -0.05) is 0 Å². The highest BCUT2D eigenvalue weighted by Crippen LogP contribution is 2.18. The summed E-state index contributed by atoms with van der Waals surface area (Å²) in [6.07, 6.45) is 1.76. The molecule has 0 saturated heterocycles. The number of carbonyl (C=O) groups excluding carboxylic acids is 1. The van der Waals surface area contributed by atoms with Crippen molar-refractivity contribution in [3.8, 4) is 0 Å². The number of aromatic amines is 1. The van der Waals surface area contributed by atoms with Gasteiger partial charge < -0.3 is 14.6 Å². The van der Waals surface area contributed by atoms with Crippen LogP contribution < -0.4 is 0 Å². The van der Waals surface area contributed by atoms with Crippen LogP contribution in [0.5, 0.6) is 0 Å². The first-order valence-electron chi connectivity index (χ1n) is 6.17. The van der Waals surface area contributed by atoms with Crippen LogP contribution in [0.4, 0.5) is 0 Å². The van der Waals surface area contributed by atoms with Gasteiger partial charge in [0.25, 0.3) is 5.91 Å². The Hall–Kier alpha value is -1.59. The molecule has 0 aliphatic heterocycles. The summed E-state index contributed by atoms with van der Waals surface area (Å²) < 4.78 is 5.09. The Morgan fingerprint density at radius 2 is 2.32 bits per heavy atom. The summed E-state index contributed by atoms with van der Waals surface area (Å²) in [4.78, 5) is 18.4. The molecule has 0 atom stereocenters. The highest BCUT2D eigenvalue weighted by atomic mass is 32.1. The molecule has 2 rings (SSSR count). The zero-order chi connectivity index (χ0) is 13.7. The normalized spacial score (nSPS) is 10.6. The lowest BCUT2D eigenvalue weighted by molar-refractivity contribution is 0.0677. The van der Waals surface area contributed by atoms with Gasteiger partial charge in [0.2, 0.25) is 0 Å². The van der Waals surface area contributed by atoms with Gasteiger partial charge in [-0.2, -0.15) is 0 Å². The Kier molecular flexibility index (Phi) is 4.76. The number of H-pyrrole nitrogens is 1. The fourth-order valence-electron chi connectivity index (χ4n) is 1.83. The maximum Gasteiger partial charge on any atom is 0.270 e. The molecule has 0 spiro atoms. The highest BCUT2D eigenvalue weighted by molar-refractivity contribution is 7.10. The molecule has 102 valence electrons. The fourth-order valence-corrected chi connectivity index (χ4v) is 2.75. The molecule has 0 saturated carbocycles. The third-order valence-electron chi connectivity index (χ3n) is 2.98. The van der Waals surface area contributed by atoms with Crippen molar-refractivity contribution in [2.75, 3.05) is 20.3 Å². The Morgan fingerprint density at radius 1 is 1.47 bits per heavy atom. The van der Waals surface area contributed by atoms with E-state index in [0.717, 1.165) is 0 Å². The molecule has 0 aliphatic rings. The predicted molar refractivity (Wildman–Crippen MR) is 76.5 cm³/mol. The van der Waals surface area contributed by atoms with Gasteiger partial charge in [-0.05, 0) is 36.1 Å². The van der Waals surface area contributed by atoms with Crippen molar-refractivity contribution < 1.29 is 9.53 Å². The second-order valence-corrected chi connectivity index (χ2v) is 5.33. The lowest BCUT2D eigenvalue weighted by Crippen LogP contribution is -2.33. The van der Waals surface area contributed by atoms with E-state index in [1.165, 1.54) is 10.4 Å². The molecule has 2 aromatic rings. The number of carbonyl (C=O) groups is 1. The molecule has 19 heavy (non-hydrogen) atoms. The van der Waals surface area contributed by atoms with Gasteiger partial charge in [0.1, 0.15) is 5.69 Å². The summed E-state index contributed by atoms with van der Waals surface area (Å²) in [6.45, 7) is 3.83. The van der Waals surface area contributed by atoms with Gasteiger partial charge in [0, 0.05) is 24.7 Å². The van der Waals surface area contributed by atoms with Crippen LogP contribution in [0.2, 0.25) is 0 Å². The molecule has 0 aliphatic carbocycles. The molecule has 2 aromatic heterocycles. The Bertz CT molecular complexity index is 519. The molecule has 0 bridgehead atoms. The second kappa shape index (κ2) is 6.54. The van der Waals surface area contributed by atoms with E-state index in [1.54, 1.807) is 30.7 Å². The van der Waals surface area contributed by atoms with Crippen molar-refractivity contribution in [1.82, 2.24) is 9.88 Å². The van der Waals surface area contributed by atoms with Crippen LogP contribution in [0.1, 0.15) is 20.9 Å². The van der Waals surface area contributed by atoms with Crippen LogP contribution in [0.25, 0.3) is 0 Å². The van der Waals surface area contributed by atoms with Crippen LogP contribution >= 0.6 is 11.3 Å². The average Bonchev–Trinajstić information content (AvgIpc) is 3.05. The number of hydrogen-bond donors (Lipinski definition) is 1. The van der Waals surface area contributed by atoms with Crippen LogP contribution in [0.3, 0.4) is 0 Å². The third-order valence-corrected chi connectivity index (χ3v) is 3.99. The molecule has 1 N–H and O–H groups in total. The summed E-state index contributed by atoms with van der Waals surface area (Å²) >= 11 is 1.68. The Balaban J connectivity index is 2.11. The second-order valence-electron chi connectivity index (χ2n) is 4.33. The van der Waals surface area contributed by atoms with Gasteiger partial charge in [0.15, 0.2) is 0 Å². The number of ether oxygens (including phenoxy) is 1. The number of aromatic nitrogens is 1. The van der Waals surface area contributed by atoms with E-state index in [-0.39, 0.29) is 5.91 Å². The molecular weight excluding hydrogens is 260 g/mol. The number of nitrogens with one attached hydrogen (secondary N) is 1. The standard InChI is InChI=1S/C14H18N2O2S/c1-11-5-9-19-13(11)10-16(7-8-18-2)14(17)12-4-3-6-15-12/h3-6,9,15H,7-8,10H2,1-2H3. The molecule has 1 amide bonds. The summed E-state index contributed by atoms with van der Waals surface area (Å²) in [7, 11) is 1.65. The van der Waals surface area contributed by atoms with Crippen molar-refractivity contribution in [3.05, 3.63) is 45.9 Å². The topological polar surface area (TPSA) is 45.3 Å². The fraction of sp³-hybridized carbons (Fsp3) is 0.357. The van der Waals surface area contributed by atoms with E-state index in [2.05, 4.69) is 23.4 Å². The SMILES string of the molecule is COCCN(Cc1sccc1C)C(=O)c1ccc[nH]1. The zero-order valence-corrected chi connectivity index (χ0v) is 12.0. The maximum absolute atomic E-state index is 12.4. The van der Waals surface area contributed by atoms with Crippen molar-refractivity contribution in [2.24, 2.45) is 0 Å². The van der Waals surface area contributed by atoms with Crippen LogP contribution in [0, 0.1) is 6.92 Å². The maximum atomic E-state index is 12.4. The smallest absolute Gasteiger partial charge is 0.270 e. The van der Waals surface area contributed by atoms with Crippen molar-refractivity contribution >= 4 is 17.2 Å². The van der Waals surface area contributed by atoms with Gasteiger partial charge in [0.05, 0.1) is 13.2 Å². The Labute approximate surface area is 117 Å². The van der Waals surface area contributed by atoms with Gasteiger partial charge in [-0.3, -0.25) is 4.79 Å². The average molecular weight is 278 g/mol. The molecule has 0 radical (unpaired) electrons. The van der Waals surface area contributed by atoms with Gasteiger partial charge in [-0.25, -0.2) is 0 Å². The monoisotopic (exact) mass is 278 g/mol. The van der Waals surface area contributed by atoms with Gasteiger partial charge in [-0.15, -0.1) is 11.3 Å². The van der Waals surface area contributed by atoms with Crippen LogP contribution in [-0.4, -0.2) is 36.1 Å². The Morgan fingerprint density at radius 3 is 2.89 bits per heavy atom. The summed E-state index contributed by atoms with van der Waals surface area (Å²) in [5.74, 6) is 0.00912. The van der Waals surface area contributed by atoms with E-state index in [1.807, 2.05) is 11.0 Å².